The van der Waals surface area contributed by atoms with Crippen LogP contribution >= 0.6 is 0 Å². The standard InChI is InChI=1S/C7H14N2O2/c1-8-7(10)9-5-6-3-2-4-11-6/h6H,2-5H2,1H3,(H2,8,9,10). The number of urea groups is 1. The Morgan fingerprint density at radius 3 is 3.09 bits per heavy atom. The van der Waals surface area contributed by atoms with E-state index in [1.807, 2.05) is 0 Å². The van der Waals surface area contributed by atoms with Crippen LogP contribution in [0.2, 0.25) is 0 Å². The van der Waals surface area contributed by atoms with Crippen LogP contribution in [-0.2, 0) is 4.74 Å². The third-order valence-electron chi connectivity index (χ3n) is 1.74. The predicted octanol–water partition coefficient (Wildman–Crippen LogP) is 0.0944. The molecule has 1 saturated heterocycles. The third kappa shape index (κ3) is 2.76. The Kier molecular flexibility index (Phi) is 3.16. The van der Waals surface area contributed by atoms with E-state index in [1.54, 1.807) is 7.05 Å². The maximum Gasteiger partial charge on any atom is 0.314 e. The smallest absolute Gasteiger partial charge is 0.314 e. The zero-order valence-corrected chi connectivity index (χ0v) is 6.72. The average molecular weight is 158 g/mol. The van der Waals surface area contributed by atoms with Gasteiger partial charge in [0.1, 0.15) is 0 Å². The second-order valence-corrected chi connectivity index (χ2v) is 2.60. The Bertz CT molecular complexity index is 132. The molecule has 4 nitrogen and oxygen atoms in total. The van der Waals surface area contributed by atoms with Crippen LogP contribution in [0.4, 0.5) is 4.79 Å². The summed E-state index contributed by atoms with van der Waals surface area (Å²) in [6.45, 7) is 1.46. The van der Waals surface area contributed by atoms with Crippen molar-refractivity contribution in [2.45, 2.75) is 18.9 Å². The van der Waals surface area contributed by atoms with Crippen LogP contribution in [0.5, 0.6) is 0 Å². The molecule has 1 rings (SSSR count). The van der Waals surface area contributed by atoms with Crippen molar-refractivity contribution in [3.8, 4) is 0 Å². The van der Waals surface area contributed by atoms with Gasteiger partial charge in [-0.25, -0.2) is 4.79 Å². The summed E-state index contributed by atoms with van der Waals surface area (Å²) in [5, 5.41) is 5.18. The maximum atomic E-state index is 10.7. The minimum absolute atomic E-state index is 0.138. The Morgan fingerprint density at radius 1 is 1.73 bits per heavy atom. The number of rotatable bonds is 2. The summed E-state index contributed by atoms with van der Waals surface area (Å²) in [4.78, 5) is 10.7. The topological polar surface area (TPSA) is 50.4 Å². The van der Waals surface area contributed by atoms with Gasteiger partial charge in [-0.3, -0.25) is 0 Å². The van der Waals surface area contributed by atoms with Gasteiger partial charge in [0.05, 0.1) is 6.10 Å². The lowest BCUT2D eigenvalue weighted by atomic mass is 10.2. The predicted molar refractivity (Wildman–Crippen MR) is 41.4 cm³/mol. The highest BCUT2D eigenvalue weighted by Gasteiger charge is 2.15. The first kappa shape index (κ1) is 8.33. The van der Waals surface area contributed by atoms with Crippen LogP contribution in [0.3, 0.4) is 0 Å². The average Bonchev–Trinajstić information content (AvgIpc) is 2.52. The Hall–Kier alpha value is -0.770. The molecule has 0 aliphatic carbocycles. The van der Waals surface area contributed by atoms with Gasteiger partial charge >= 0.3 is 6.03 Å². The Labute approximate surface area is 66.3 Å². The molecule has 0 aromatic heterocycles. The molecule has 64 valence electrons. The molecule has 1 aliphatic heterocycles. The lowest BCUT2D eigenvalue weighted by Crippen LogP contribution is -2.37. The number of nitrogens with one attached hydrogen (secondary N) is 2. The van der Waals surface area contributed by atoms with E-state index in [4.69, 9.17) is 4.74 Å². The summed E-state index contributed by atoms with van der Waals surface area (Å²) >= 11 is 0. The zero-order valence-electron chi connectivity index (χ0n) is 6.72. The first-order valence-electron chi connectivity index (χ1n) is 3.90. The molecular weight excluding hydrogens is 144 g/mol. The highest BCUT2D eigenvalue weighted by molar-refractivity contribution is 5.73. The van der Waals surface area contributed by atoms with E-state index < -0.39 is 0 Å². The quantitative estimate of drug-likeness (QED) is 0.598. The van der Waals surface area contributed by atoms with Crippen molar-refractivity contribution in [3.05, 3.63) is 0 Å². The second kappa shape index (κ2) is 4.18. The van der Waals surface area contributed by atoms with Crippen LogP contribution in [0.25, 0.3) is 0 Å². The van der Waals surface area contributed by atoms with Gasteiger partial charge in [-0.1, -0.05) is 0 Å². The summed E-state index contributed by atoms with van der Waals surface area (Å²) in [6, 6.07) is -0.138. The summed E-state index contributed by atoms with van der Waals surface area (Å²) in [7, 11) is 1.60. The SMILES string of the molecule is CNC(=O)NCC1CCCO1. The number of hydrogen-bond acceptors (Lipinski definition) is 2. The molecule has 0 aromatic rings. The molecule has 4 heteroatoms. The molecule has 1 heterocycles. The van der Waals surface area contributed by atoms with E-state index in [2.05, 4.69) is 10.6 Å². The van der Waals surface area contributed by atoms with Gasteiger partial charge in [0, 0.05) is 20.2 Å². The van der Waals surface area contributed by atoms with Crippen molar-refractivity contribution in [3.63, 3.8) is 0 Å². The zero-order chi connectivity index (χ0) is 8.10. The second-order valence-electron chi connectivity index (χ2n) is 2.60. The van der Waals surface area contributed by atoms with E-state index >= 15 is 0 Å². The van der Waals surface area contributed by atoms with Gasteiger partial charge in [-0.15, -0.1) is 0 Å². The maximum absolute atomic E-state index is 10.7. The summed E-state index contributed by atoms with van der Waals surface area (Å²) < 4.78 is 5.31. The first-order valence-corrected chi connectivity index (χ1v) is 3.90. The van der Waals surface area contributed by atoms with E-state index in [-0.39, 0.29) is 12.1 Å². The summed E-state index contributed by atoms with van der Waals surface area (Å²) in [5.41, 5.74) is 0. The van der Waals surface area contributed by atoms with Crippen LogP contribution in [-0.4, -0.2) is 32.3 Å². The van der Waals surface area contributed by atoms with Gasteiger partial charge in [0.25, 0.3) is 0 Å². The molecule has 0 spiro atoms. The van der Waals surface area contributed by atoms with Crippen molar-refractivity contribution in [2.24, 2.45) is 0 Å². The number of ether oxygens (including phenoxy) is 1. The van der Waals surface area contributed by atoms with Crippen LogP contribution in [0, 0.1) is 0 Å². The highest BCUT2D eigenvalue weighted by Crippen LogP contribution is 2.10. The normalized spacial score (nSPS) is 23.2. The fraction of sp³-hybridized carbons (Fsp3) is 0.857. The largest absolute Gasteiger partial charge is 0.376 e. The fourth-order valence-electron chi connectivity index (χ4n) is 1.10. The molecule has 1 fully saturated rings. The molecule has 0 radical (unpaired) electrons. The van der Waals surface area contributed by atoms with Crippen molar-refractivity contribution in [1.82, 2.24) is 10.6 Å². The molecule has 11 heavy (non-hydrogen) atoms. The van der Waals surface area contributed by atoms with Gasteiger partial charge in [0.15, 0.2) is 0 Å². The lowest BCUT2D eigenvalue weighted by molar-refractivity contribution is 0.111. The molecular formula is C7H14N2O2. The molecule has 1 unspecified atom stereocenters. The van der Waals surface area contributed by atoms with Crippen molar-refractivity contribution >= 4 is 6.03 Å². The Morgan fingerprint density at radius 2 is 2.55 bits per heavy atom. The molecule has 2 N–H and O–H groups in total. The molecule has 1 aliphatic rings. The van der Waals surface area contributed by atoms with Gasteiger partial charge in [-0.2, -0.15) is 0 Å². The summed E-state index contributed by atoms with van der Waals surface area (Å²) in [5.74, 6) is 0. The number of hydrogen-bond donors (Lipinski definition) is 2. The fourth-order valence-corrected chi connectivity index (χ4v) is 1.10. The molecule has 1 atom stereocenters. The van der Waals surface area contributed by atoms with Crippen molar-refractivity contribution < 1.29 is 9.53 Å². The van der Waals surface area contributed by atoms with Crippen LogP contribution in [0.15, 0.2) is 0 Å². The van der Waals surface area contributed by atoms with Gasteiger partial charge in [0.2, 0.25) is 0 Å². The van der Waals surface area contributed by atoms with Gasteiger partial charge in [-0.05, 0) is 12.8 Å². The van der Waals surface area contributed by atoms with Crippen LogP contribution < -0.4 is 10.6 Å². The van der Waals surface area contributed by atoms with E-state index in [9.17, 15) is 4.79 Å². The van der Waals surface area contributed by atoms with Crippen molar-refractivity contribution in [1.29, 1.82) is 0 Å². The number of carbonyl (C=O) groups excluding carboxylic acids is 1. The summed E-state index contributed by atoms with van der Waals surface area (Å²) in [6.07, 6.45) is 2.40. The molecule has 0 bridgehead atoms. The number of carbonyl (C=O) groups is 1. The van der Waals surface area contributed by atoms with Gasteiger partial charge < -0.3 is 15.4 Å². The minimum atomic E-state index is -0.138. The molecule has 0 aromatic carbocycles. The van der Waals surface area contributed by atoms with E-state index in [1.165, 1.54) is 0 Å². The molecule has 2 amide bonds. The lowest BCUT2D eigenvalue weighted by Gasteiger charge is -2.09. The number of amides is 2. The highest BCUT2D eigenvalue weighted by atomic mass is 16.5. The van der Waals surface area contributed by atoms with E-state index in [0.29, 0.717) is 6.54 Å². The molecule has 0 saturated carbocycles. The minimum Gasteiger partial charge on any atom is -0.376 e. The van der Waals surface area contributed by atoms with Crippen molar-refractivity contribution in [2.75, 3.05) is 20.2 Å². The third-order valence-corrected chi connectivity index (χ3v) is 1.74. The monoisotopic (exact) mass is 158 g/mol. The van der Waals surface area contributed by atoms with Crippen LogP contribution in [0.1, 0.15) is 12.8 Å². The first-order chi connectivity index (χ1) is 5.33. The Balaban J connectivity index is 2.06. The van der Waals surface area contributed by atoms with E-state index in [0.717, 1.165) is 19.4 Å².